The molecule has 1 amide bonds. The lowest BCUT2D eigenvalue weighted by molar-refractivity contribution is -0.142. The van der Waals surface area contributed by atoms with Gasteiger partial charge in [-0.3, -0.25) is 4.79 Å². The van der Waals surface area contributed by atoms with E-state index in [9.17, 15) is 4.79 Å². The van der Waals surface area contributed by atoms with Crippen LogP contribution in [0, 0.1) is 19.3 Å². The fraction of sp³-hybridized carbons (Fsp3) is 0.650. The number of carbonyl (C=O) groups is 1. The van der Waals surface area contributed by atoms with Crippen LogP contribution < -0.4 is 4.74 Å². The van der Waals surface area contributed by atoms with E-state index in [4.69, 9.17) is 4.74 Å². The van der Waals surface area contributed by atoms with Crippen molar-refractivity contribution in [1.82, 2.24) is 9.80 Å². The zero-order valence-electron chi connectivity index (χ0n) is 15.9. The molecule has 4 nitrogen and oxygen atoms in total. The first kappa shape index (κ1) is 18.8. The highest BCUT2D eigenvalue weighted by Crippen LogP contribution is 2.27. The van der Waals surface area contributed by atoms with Gasteiger partial charge in [0.15, 0.2) is 0 Å². The standard InChI is InChI=1S/C20H32N2O2/c1-16-7-8-17(2)18(15-16)24-14-6-9-20(3,4)19(23)22-12-10-21(5)11-13-22/h7-8,15H,6,9-14H2,1-5H3. The quantitative estimate of drug-likeness (QED) is 0.750. The molecule has 0 spiro atoms. The van der Waals surface area contributed by atoms with Crippen molar-refractivity contribution in [2.24, 2.45) is 5.41 Å². The molecule has 1 fully saturated rings. The van der Waals surface area contributed by atoms with Crippen molar-refractivity contribution in [1.29, 1.82) is 0 Å². The fourth-order valence-electron chi connectivity index (χ4n) is 3.10. The van der Waals surface area contributed by atoms with Gasteiger partial charge >= 0.3 is 0 Å². The second kappa shape index (κ2) is 8.02. The predicted octanol–water partition coefficient (Wildman–Crippen LogP) is 3.26. The highest BCUT2D eigenvalue weighted by atomic mass is 16.5. The van der Waals surface area contributed by atoms with E-state index in [-0.39, 0.29) is 11.3 Å². The molecule has 0 atom stereocenters. The van der Waals surface area contributed by atoms with Crippen LogP contribution in [0.5, 0.6) is 5.75 Å². The second-order valence-electron chi connectivity index (χ2n) is 7.70. The molecule has 0 bridgehead atoms. The van der Waals surface area contributed by atoms with Crippen molar-refractivity contribution in [3.8, 4) is 5.75 Å². The number of benzene rings is 1. The molecule has 1 aliphatic heterocycles. The molecule has 4 heteroatoms. The van der Waals surface area contributed by atoms with Gasteiger partial charge in [0.1, 0.15) is 5.75 Å². The summed E-state index contributed by atoms with van der Waals surface area (Å²) in [4.78, 5) is 17.0. The van der Waals surface area contributed by atoms with E-state index in [1.165, 1.54) is 5.56 Å². The van der Waals surface area contributed by atoms with Crippen LogP contribution >= 0.6 is 0 Å². The molecule has 134 valence electrons. The molecule has 0 aliphatic carbocycles. The maximum absolute atomic E-state index is 12.8. The van der Waals surface area contributed by atoms with Crippen LogP contribution in [-0.4, -0.2) is 55.5 Å². The average Bonchev–Trinajstić information content (AvgIpc) is 2.54. The summed E-state index contributed by atoms with van der Waals surface area (Å²) < 4.78 is 5.92. The molecule has 0 N–H and O–H groups in total. The van der Waals surface area contributed by atoms with Gasteiger partial charge in [0.25, 0.3) is 0 Å². The van der Waals surface area contributed by atoms with Gasteiger partial charge < -0.3 is 14.5 Å². The van der Waals surface area contributed by atoms with Crippen LogP contribution in [0.25, 0.3) is 0 Å². The van der Waals surface area contributed by atoms with E-state index in [0.717, 1.165) is 50.3 Å². The first-order valence-electron chi connectivity index (χ1n) is 8.97. The van der Waals surface area contributed by atoms with Gasteiger partial charge in [-0.15, -0.1) is 0 Å². The number of rotatable bonds is 6. The minimum Gasteiger partial charge on any atom is -0.493 e. The summed E-state index contributed by atoms with van der Waals surface area (Å²) in [5.74, 6) is 1.24. The number of likely N-dealkylation sites (N-methyl/N-ethyl adjacent to an activating group) is 1. The maximum Gasteiger partial charge on any atom is 0.228 e. The van der Waals surface area contributed by atoms with E-state index in [2.05, 4.69) is 57.8 Å². The molecule has 0 saturated carbocycles. The maximum atomic E-state index is 12.8. The molecule has 1 heterocycles. The summed E-state index contributed by atoms with van der Waals surface area (Å²) in [5, 5.41) is 0. The minimum atomic E-state index is -0.319. The van der Waals surface area contributed by atoms with E-state index in [1.54, 1.807) is 0 Å². The molecule has 24 heavy (non-hydrogen) atoms. The third-order valence-electron chi connectivity index (χ3n) is 4.92. The highest BCUT2D eigenvalue weighted by molar-refractivity contribution is 5.82. The number of nitrogens with zero attached hydrogens (tertiary/aromatic N) is 2. The average molecular weight is 332 g/mol. The van der Waals surface area contributed by atoms with Gasteiger partial charge in [-0.1, -0.05) is 26.0 Å². The first-order chi connectivity index (χ1) is 11.3. The SMILES string of the molecule is Cc1ccc(C)c(OCCCC(C)(C)C(=O)N2CCN(C)CC2)c1. The van der Waals surface area contributed by atoms with Crippen LogP contribution in [0.15, 0.2) is 18.2 Å². The second-order valence-corrected chi connectivity index (χ2v) is 7.70. The first-order valence-corrected chi connectivity index (χ1v) is 8.97. The van der Waals surface area contributed by atoms with Gasteiger partial charge in [-0.2, -0.15) is 0 Å². The van der Waals surface area contributed by atoms with Gasteiger partial charge in [0, 0.05) is 31.6 Å². The number of aryl methyl sites for hydroxylation is 2. The Morgan fingerprint density at radius 3 is 2.50 bits per heavy atom. The molecule has 0 unspecified atom stereocenters. The van der Waals surface area contributed by atoms with Gasteiger partial charge in [-0.05, 0) is 50.9 Å². The van der Waals surface area contributed by atoms with E-state index >= 15 is 0 Å². The molecule has 0 aromatic heterocycles. The summed E-state index contributed by atoms with van der Waals surface area (Å²) in [6.07, 6.45) is 1.74. The molecular formula is C20H32N2O2. The summed E-state index contributed by atoms with van der Waals surface area (Å²) in [6.45, 7) is 12.5. The number of amides is 1. The summed E-state index contributed by atoms with van der Waals surface area (Å²) >= 11 is 0. The number of piperazine rings is 1. The zero-order chi connectivity index (χ0) is 17.7. The highest BCUT2D eigenvalue weighted by Gasteiger charge is 2.32. The Balaban J connectivity index is 1.79. The van der Waals surface area contributed by atoms with Crippen LogP contribution in [0.2, 0.25) is 0 Å². The Kier molecular flexibility index (Phi) is 6.27. The zero-order valence-corrected chi connectivity index (χ0v) is 15.9. The van der Waals surface area contributed by atoms with E-state index in [1.807, 2.05) is 4.90 Å². The van der Waals surface area contributed by atoms with Crippen molar-refractivity contribution in [2.75, 3.05) is 39.8 Å². The summed E-state index contributed by atoms with van der Waals surface area (Å²) in [7, 11) is 2.11. The van der Waals surface area contributed by atoms with Crippen molar-refractivity contribution in [3.63, 3.8) is 0 Å². The number of ether oxygens (including phenoxy) is 1. The topological polar surface area (TPSA) is 32.8 Å². The minimum absolute atomic E-state index is 0.280. The van der Waals surface area contributed by atoms with Crippen LogP contribution in [-0.2, 0) is 4.79 Å². The lowest BCUT2D eigenvalue weighted by Crippen LogP contribution is -2.51. The lowest BCUT2D eigenvalue weighted by atomic mass is 9.86. The predicted molar refractivity (Wildman–Crippen MR) is 98.5 cm³/mol. The summed E-state index contributed by atoms with van der Waals surface area (Å²) in [6, 6.07) is 6.27. The molecule has 2 rings (SSSR count). The Morgan fingerprint density at radius 1 is 1.17 bits per heavy atom. The normalized spacial score (nSPS) is 16.3. The van der Waals surface area contributed by atoms with Gasteiger partial charge in [0.05, 0.1) is 6.61 Å². The summed E-state index contributed by atoms with van der Waals surface area (Å²) in [5.41, 5.74) is 2.05. The smallest absolute Gasteiger partial charge is 0.228 e. The Bertz CT molecular complexity index is 561. The van der Waals surface area contributed by atoms with Gasteiger partial charge in [0.2, 0.25) is 5.91 Å². The number of hydrogen-bond acceptors (Lipinski definition) is 3. The van der Waals surface area contributed by atoms with Crippen molar-refractivity contribution >= 4 is 5.91 Å². The van der Waals surface area contributed by atoms with Crippen molar-refractivity contribution in [3.05, 3.63) is 29.3 Å². The third kappa shape index (κ3) is 4.97. The molecular weight excluding hydrogens is 300 g/mol. The fourth-order valence-corrected chi connectivity index (χ4v) is 3.10. The third-order valence-corrected chi connectivity index (χ3v) is 4.92. The molecule has 1 aromatic carbocycles. The van der Waals surface area contributed by atoms with Gasteiger partial charge in [-0.25, -0.2) is 0 Å². The molecule has 0 radical (unpaired) electrons. The van der Waals surface area contributed by atoms with Crippen molar-refractivity contribution in [2.45, 2.75) is 40.5 Å². The van der Waals surface area contributed by atoms with E-state index < -0.39 is 0 Å². The van der Waals surface area contributed by atoms with Crippen LogP contribution in [0.4, 0.5) is 0 Å². The molecule has 1 aliphatic rings. The van der Waals surface area contributed by atoms with Crippen molar-refractivity contribution < 1.29 is 9.53 Å². The largest absolute Gasteiger partial charge is 0.493 e. The van der Waals surface area contributed by atoms with Crippen LogP contribution in [0.1, 0.15) is 37.8 Å². The Morgan fingerprint density at radius 2 is 1.83 bits per heavy atom. The van der Waals surface area contributed by atoms with E-state index in [0.29, 0.717) is 6.61 Å². The number of hydrogen-bond donors (Lipinski definition) is 0. The number of carbonyl (C=O) groups excluding carboxylic acids is 1. The monoisotopic (exact) mass is 332 g/mol. The molecule has 1 aromatic rings. The van der Waals surface area contributed by atoms with Crippen LogP contribution in [0.3, 0.4) is 0 Å². The molecule has 1 saturated heterocycles. The lowest BCUT2D eigenvalue weighted by Gasteiger charge is -2.37. The Labute approximate surface area is 146 Å². The Hall–Kier alpha value is -1.55.